The Hall–Kier alpha value is -1.56. The van der Waals surface area contributed by atoms with E-state index in [2.05, 4.69) is 10.5 Å². The third kappa shape index (κ3) is 2.48. The molecule has 2 saturated carbocycles. The molecule has 0 bridgehead atoms. The van der Waals surface area contributed by atoms with Crippen LogP contribution in [0.5, 0.6) is 0 Å². The maximum Gasteiger partial charge on any atom is 0.228 e. The van der Waals surface area contributed by atoms with Gasteiger partial charge in [0.2, 0.25) is 5.91 Å². The second kappa shape index (κ2) is 5.73. The molecule has 2 aliphatic carbocycles. The second-order valence-electron chi connectivity index (χ2n) is 6.97. The Balaban J connectivity index is 1.45. The highest BCUT2D eigenvalue weighted by Crippen LogP contribution is 2.47. The summed E-state index contributed by atoms with van der Waals surface area (Å²) < 4.78 is 11.7. The molecule has 2 heterocycles. The van der Waals surface area contributed by atoms with Crippen LogP contribution in [0.15, 0.2) is 22.7 Å². The molecule has 7 heteroatoms. The van der Waals surface area contributed by atoms with Crippen LogP contribution in [0.1, 0.15) is 36.5 Å². The standard InChI is InChI=1S/C18H16Cl2N2O3/c19-10-2-1-3-11(20)14(10)16-9(17(25-22-16)8-4-5-8)7-24-13-6-12-15(13)18(23)21-12/h1-3,8,12-13,15H,4-7H2,(H,21,23)/t12?,13-,15-/m1/s1. The SMILES string of the molecule is O=C1NC2C[C@@H](OCc3c(-c4c(Cl)cccc4Cl)noc3C3CC3)[C@H]12. The molecule has 25 heavy (non-hydrogen) atoms. The Kier molecular flexibility index (Phi) is 3.59. The lowest BCUT2D eigenvalue weighted by atomic mass is 9.70. The van der Waals surface area contributed by atoms with Crippen molar-refractivity contribution in [1.82, 2.24) is 10.5 Å². The number of ether oxygens (including phenoxy) is 1. The van der Waals surface area contributed by atoms with E-state index in [0.717, 1.165) is 30.6 Å². The predicted octanol–water partition coefficient (Wildman–Crippen LogP) is 3.93. The van der Waals surface area contributed by atoms with Crippen molar-refractivity contribution in [2.24, 2.45) is 5.92 Å². The summed E-state index contributed by atoms with van der Waals surface area (Å²) in [5.41, 5.74) is 2.22. The van der Waals surface area contributed by atoms with Gasteiger partial charge in [-0.2, -0.15) is 0 Å². The summed E-state index contributed by atoms with van der Waals surface area (Å²) in [7, 11) is 0. The molecule has 0 spiro atoms. The van der Waals surface area contributed by atoms with Gasteiger partial charge in [0.25, 0.3) is 0 Å². The van der Waals surface area contributed by atoms with Gasteiger partial charge in [0, 0.05) is 23.1 Å². The number of benzene rings is 1. The zero-order chi connectivity index (χ0) is 17.1. The first-order valence-corrected chi connectivity index (χ1v) is 9.24. The Morgan fingerprint density at radius 1 is 1.28 bits per heavy atom. The maximum absolute atomic E-state index is 11.6. The number of nitrogens with zero attached hydrogens (tertiary/aromatic N) is 1. The molecule has 5 nitrogen and oxygen atoms in total. The largest absolute Gasteiger partial charge is 0.372 e. The molecule has 0 radical (unpaired) electrons. The number of carbonyl (C=O) groups excluding carboxylic acids is 1. The summed E-state index contributed by atoms with van der Waals surface area (Å²) in [6.45, 7) is 0.355. The van der Waals surface area contributed by atoms with Crippen molar-refractivity contribution >= 4 is 29.1 Å². The summed E-state index contributed by atoms with van der Waals surface area (Å²) in [6, 6.07) is 5.67. The van der Waals surface area contributed by atoms with Crippen molar-refractivity contribution in [3.63, 3.8) is 0 Å². The molecule has 3 atom stereocenters. The fourth-order valence-corrected chi connectivity index (χ4v) is 4.28. The van der Waals surface area contributed by atoms with E-state index < -0.39 is 0 Å². The second-order valence-corrected chi connectivity index (χ2v) is 7.79. The fourth-order valence-electron chi connectivity index (χ4n) is 3.70. The summed E-state index contributed by atoms with van der Waals surface area (Å²) in [6.07, 6.45) is 3.01. The van der Waals surface area contributed by atoms with Crippen molar-refractivity contribution in [1.29, 1.82) is 0 Å². The maximum atomic E-state index is 11.6. The first kappa shape index (κ1) is 15.7. The van der Waals surface area contributed by atoms with Gasteiger partial charge in [0.1, 0.15) is 11.5 Å². The molecule has 130 valence electrons. The van der Waals surface area contributed by atoms with Gasteiger partial charge in [-0.05, 0) is 31.4 Å². The minimum Gasteiger partial charge on any atom is -0.372 e. The Labute approximate surface area is 154 Å². The Bertz CT molecular complexity index is 842. The first-order chi connectivity index (χ1) is 12.1. The van der Waals surface area contributed by atoms with Gasteiger partial charge in [0.15, 0.2) is 0 Å². The number of fused-ring (bicyclic) bond motifs is 1. The van der Waals surface area contributed by atoms with E-state index in [0.29, 0.717) is 39.9 Å². The lowest BCUT2D eigenvalue weighted by Crippen LogP contribution is -2.71. The minimum atomic E-state index is -0.0322. The molecule has 5 rings (SSSR count). The minimum absolute atomic E-state index is 0.00316. The van der Waals surface area contributed by atoms with Crippen LogP contribution >= 0.6 is 23.2 Å². The number of piperidine rings is 1. The van der Waals surface area contributed by atoms with E-state index in [1.807, 2.05) is 0 Å². The number of hydrogen-bond acceptors (Lipinski definition) is 4. The quantitative estimate of drug-likeness (QED) is 0.800. The Morgan fingerprint density at radius 2 is 2.04 bits per heavy atom. The normalized spacial score (nSPS) is 27.3. The zero-order valence-corrected chi connectivity index (χ0v) is 14.8. The lowest BCUT2D eigenvalue weighted by Gasteiger charge is -2.51. The van der Waals surface area contributed by atoms with Crippen LogP contribution in [0.4, 0.5) is 0 Å². The van der Waals surface area contributed by atoms with Gasteiger partial charge in [-0.3, -0.25) is 4.79 Å². The molecular formula is C18H16Cl2N2O3. The molecular weight excluding hydrogens is 363 g/mol. The highest BCUT2D eigenvalue weighted by atomic mass is 35.5. The molecule has 1 saturated heterocycles. The lowest BCUT2D eigenvalue weighted by molar-refractivity contribution is -0.164. The van der Waals surface area contributed by atoms with Crippen LogP contribution in [0, 0.1) is 5.92 Å². The van der Waals surface area contributed by atoms with Gasteiger partial charge in [-0.1, -0.05) is 34.4 Å². The summed E-state index contributed by atoms with van der Waals surface area (Å²) >= 11 is 12.7. The molecule has 1 unspecified atom stereocenters. The van der Waals surface area contributed by atoms with Gasteiger partial charge in [-0.15, -0.1) is 0 Å². The molecule has 1 N–H and O–H groups in total. The molecule has 1 aromatic heterocycles. The molecule has 3 aliphatic rings. The first-order valence-electron chi connectivity index (χ1n) is 8.48. The van der Waals surface area contributed by atoms with Crippen molar-refractivity contribution in [3.05, 3.63) is 39.6 Å². The van der Waals surface area contributed by atoms with E-state index in [1.54, 1.807) is 18.2 Å². The third-order valence-corrected chi connectivity index (χ3v) is 5.99. The number of aromatic nitrogens is 1. The Morgan fingerprint density at radius 3 is 2.68 bits per heavy atom. The van der Waals surface area contributed by atoms with Crippen LogP contribution < -0.4 is 5.32 Å². The highest BCUT2D eigenvalue weighted by molar-refractivity contribution is 6.39. The van der Waals surface area contributed by atoms with Crippen LogP contribution in [0.2, 0.25) is 10.0 Å². The van der Waals surface area contributed by atoms with Gasteiger partial charge >= 0.3 is 0 Å². The van der Waals surface area contributed by atoms with Crippen LogP contribution in [0.25, 0.3) is 11.3 Å². The van der Waals surface area contributed by atoms with E-state index in [-0.39, 0.29) is 17.9 Å². The number of halogens is 2. The number of rotatable bonds is 5. The molecule has 1 aromatic carbocycles. The topological polar surface area (TPSA) is 64.4 Å². The van der Waals surface area contributed by atoms with Crippen molar-refractivity contribution in [3.8, 4) is 11.3 Å². The number of carbonyl (C=O) groups is 1. The average Bonchev–Trinajstić information content (AvgIpc) is 3.32. The van der Waals surface area contributed by atoms with Crippen molar-refractivity contribution in [2.75, 3.05) is 0 Å². The highest BCUT2D eigenvalue weighted by Gasteiger charge is 2.54. The molecule has 3 fully saturated rings. The van der Waals surface area contributed by atoms with Gasteiger partial charge in [-0.25, -0.2) is 0 Å². The molecule has 1 aliphatic heterocycles. The van der Waals surface area contributed by atoms with E-state index in [4.69, 9.17) is 32.5 Å². The summed E-state index contributed by atoms with van der Waals surface area (Å²) in [4.78, 5) is 11.6. The predicted molar refractivity (Wildman–Crippen MR) is 92.5 cm³/mol. The van der Waals surface area contributed by atoms with E-state index in [9.17, 15) is 4.79 Å². The third-order valence-electron chi connectivity index (χ3n) is 5.36. The molecule has 2 aromatic rings. The fraction of sp³-hybridized carbons (Fsp3) is 0.444. The summed E-state index contributed by atoms with van der Waals surface area (Å²) in [5, 5.41) is 8.19. The van der Waals surface area contributed by atoms with Gasteiger partial charge < -0.3 is 14.6 Å². The van der Waals surface area contributed by atoms with Crippen molar-refractivity contribution in [2.45, 2.75) is 43.9 Å². The number of amides is 1. The molecule has 1 amide bonds. The van der Waals surface area contributed by atoms with Crippen molar-refractivity contribution < 1.29 is 14.1 Å². The number of β-lactam (4-membered cyclic amide) rings is 1. The summed E-state index contributed by atoms with van der Waals surface area (Å²) in [5.74, 6) is 1.34. The van der Waals surface area contributed by atoms with Crippen LogP contribution in [-0.2, 0) is 16.1 Å². The van der Waals surface area contributed by atoms with Crippen LogP contribution in [0.3, 0.4) is 0 Å². The average molecular weight is 379 g/mol. The van der Waals surface area contributed by atoms with E-state index >= 15 is 0 Å². The monoisotopic (exact) mass is 378 g/mol. The number of hydrogen-bond donors (Lipinski definition) is 1. The zero-order valence-electron chi connectivity index (χ0n) is 13.3. The van der Waals surface area contributed by atoms with Gasteiger partial charge in [0.05, 0.1) is 28.7 Å². The van der Waals surface area contributed by atoms with E-state index in [1.165, 1.54) is 0 Å². The number of nitrogens with one attached hydrogen (secondary N) is 1. The van der Waals surface area contributed by atoms with Crippen LogP contribution in [-0.4, -0.2) is 23.2 Å². The smallest absolute Gasteiger partial charge is 0.228 e.